The van der Waals surface area contributed by atoms with E-state index < -0.39 is 0 Å². The Morgan fingerprint density at radius 1 is 1.03 bits per heavy atom. The number of aryl methyl sites for hydroxylation is 1. The van der Waals surface area contributed by atoms with Crippen LogP contribution in [0.3, 0.4) is 0 Å². The zero-order chi connectivity index (χ0) is 24.5. The first kappa shape index (κ1) is 25.8. The maximum Gasteiger partial charge on any atom is 0.120 e. The number of thiazole rings is 1. The number of aromatic amines is 1. The van der Waals surface area contributed by atoms with Crippen LogP contribution in [0, 0.1) is 0 Å². The molecule has 2 aromatic heterocycles. The molecule has 0 fully saturated rings. The van der Waals surface area contributed by atoms with Gasteiger partial charge in [-0.05, 0) is 69.4 Å². The number of imidazole rings is 1. The van der Waals surface area contributed by atoms with Gasteiger partial charge in [0.1, 0.15) is 11.7 Å². The molecule has 3 aromatic rings. The number of fused-ring (bicyclic) bond motifs is 1. The van der Waals surface area contributed by atoms with Gasteiger partial charge in [-0.2, -0.15) is 0 Å². The van der Waals surface area contributed by atoms with Gasteiger partial charge in [0.25, 0.3) is 0 Å². The fourth-order valence-corrected chi connectivity index (χ4v) is 5.85. The minimum atomic E-state index is 0.777. The summed E-state index contributed by atoms with van der Waals surface area (Å²) in [6, 6.07) is 6.75. The third-order valence-corrected chi connectivity index (χ3v) is 7.64. The molecule has 0 amide bonds. The van der Waals surface area contributed by atoms with Gasteiger partial charge in [0.05, 0.1) is 34.9 Å². The minimum absolute atomic E-state index is 0.777. The summed E-state index contributed by atoms with van der Waals surface area (Å²) >= 11 is 1.86. The van der Waals surface area contributed by atoms with Crippen LogP contribution in [0.25, 0.3) is 10.2 Å². The van der Waals surface area contributed by atoms with Crippen LogP contribution in [-0.2, 0) is 19.5 Å². The second-order valence-corrected chi connectivity index (χ2v) is 10.7. The van der Waals surface area contributed by atoms with Crippen molar-refractivity contribution in [3.63, 3.8) is 0 Å². The lowest BCUT2D eigenvalue weighted by molar-refractivity contribution is 0.269. The Kier molecular flexibility index (Phi) is 9.68. The Morgan fingerprint density at radius 3 is 2.60 bits per heavy atom. The van der Waals surface area contributed by atoms with Gasteiger partial charge in [-0.1, -0.05) is 19.9 Å². The van der Waals surface area contributed by atoms with Gasteiger partial charge in [0, 0.05) is 32.5 Å². The van der Waals surface area contributed by atoms with Gasteiger partial charge in [0.2, 0.25) is 0 Å². The van der Waals surface area contributed by atoms with Crippen LogP contribution >= 0.6 is 11.3 Å². The topological polar surface area (TPSA) is 63.7 Å². The lowest BCUT2D eigenvalue weighted by Crippen LogP contribution is -2.36. The van der Waals surface area contributed by atoms with Crippen LogP contribution in [0.2, 0.25) is 0 Å². The van der Waals surface area contributed by atoms with Gasteiger partial charge in [-0.25, -0.2) is 9.97 Å². The second-order valence-electron chi connectivity index (χ2n) is 9.61. The van der Waals surface area contributed by atoms with E-state index in [1.165, 1.54) is 60.6 Å². The average Bonchev–Trinajstić information content (AvgIpc) is 3.59. The molecule has 0 atom stereocenters. The van der Waals surface area contributed by atoms with Crippen molar-refractivity contribution >= 4 is 27.4 Å². The van der Waals surface area contributed by atoms with E-state index in [1.807, 2.05) is 23.7 Å². The standard InChI is InChI=1S/C27H41N7S/c1-4-14-33(15-5-2)16-7-6-8-27-31-23-10-9-22(18-24(23)35-27)19-34(20-25-28-11-12-29-25)21-26-30-13-17-32(26)3/h9-12,18H,4-8,13-17,19-21H2,1-3H3,(H,28,29). The summed E-state index contributed by atoms with van der Waals surface area (Å²) in [6.45, 7) is 12.6. The number of aliphatic imine (C=N–C) groups is 1. The van der Waals surface area contributed by atoms with E-state index in [0.717, 1.165) is 56.3 Å². The van der Waals surface area contributed by atoms with Crippen LogP contribution in [0.5, 0.6) is 0 Å². The Balaban J connectivity index is 1.36. The molecule has 0 saturated carbocycles. The van der Waals surface area contributed by atoms with E-state index in [-0.39, 0.29) is 0 Å². The molecule has 0 saturated heterocycles. The lowest BCUT2D eigenvalue weighted by atomic mass is 10.2. The van der Waals surface area contributed by atoms with Gasteiger partial charge >= 0.3 is 0 Å². The van der Waals surface area contributed by atoms with Gasteiger partial charge in [-0.3, -0.25) is 9.89 Å². The summed E-state index contributed by atoms with van der Waals surface area (Å²) in [7, 11) is 2.13. The largest absolute Gasteiger partial charge is 0.360 e. The number of benzene rings is 1. The smallest absolute Gasteiger partial charge is 0.120 e. The van der Waals surface area contributed by atoms with Crippen molar-refractivity contribution < 1.29 is 0 Å². The molecule has 190 valence electrons. The minimum Gasteiger partial charge on any atom is -0.360 e. The number of aromatic nitrogens is 3. The molecule has 8 heteroatoms. The molecule has 0 aliphatic carbocycles. The fourth-order valence-electron chi connectivity index (χ4n) is 4.77. The van der Waals surface area contributed by atoms with Crippen molar-refractivity contribution in [1.29, 1.82) is 0 Å². The molecule has 0 unspecified atom stereocenters. The number of amidine groups is 1. The molecular formula is C27H41N7S. The van der Waals surface area contributed by atoms with Gasteiger partial charge < -0.3 is 14.8 Å². The van der Waals surface area contributed by atoms with Crippen LogP contribution < -0.4 is 0 Å². The summed E-state index contributed by atoms with van der Waals surface area (Å²) in [5.74, 6) is 2.15. The van der Waals surface area contributed by atoms with Crippen molar-refractivity contribution in [2.45, 2.75) is 59.0 Å². The Morgan fingerprint density at radius 2 is 1.89 bits per heavy atom. The van der Waals surface area contributed by atoms with E-state index in [0.29, 0.717) is 0 Å². The van der Waals surface area contributed by atoms with E-state index >= 15 is 0 Å². The maximum absolute atomic E-state index is 4.93. The van der Waals surface area contributed by atoms with Crippen LogP contribution in [0.4, 0.5) is 0 Å². The van der Waals surface area contributed by atoms with Gasteiger partial charge in [-0.15, -0.1) is 11.3 Å². The Labute approximate surface area is 214 Å². The van der Waals surface area contributed by atoms with E-state index in [4.69, 9.17) is 9.98 Å². The number of unbranched alkanes of at least 4 members (excludes halogenated alkanes) is 1. The maximum atomic E-state index is 4.93. The quantitative estimate of drug-likeness (QED) is 0.307. The van der Waals surface area contributed by atoms with Crippen LogP contribution in [-0.4, -0.2) is 81.8 Å². The highest BCUT2D eigenvalue weighted by Crippen LogP contribution is 2.25. The molecule has 1 aromatic carbocycles. The zero-order valence-electron chi connectivity index (χ0n) is 21.7. The molecule has 3 heterocycles. The number of nitrogens with zero attached hydrogens (tertiary/aromatic N) is 6. The molecule has 0 bridgehead atoms. The predicted octanol–water partition coefficient (Wildman–Crippen LogP) is 4.81. The van der Waals surface area contributed by atoms with Gasteiger partial charge in [0.15, 0.2) is 0 Å². The molecule has 0 radical (unpaired) electrons. The molecule has 0 spiro atoms. The molecular weight excluding hydrogens is 454 g/mol. The molecule has 1 aliphatic heterocycles. The Hall–Kier alpha value is -2.29. The summed E-state index contributed by atoms with van der Waals surface area (Å²) < 4.78 is 1.30. The molecule has 7 nitrogen and oxygen atoms in total. The van der Waals surface area contributed by atoms with Crippen molar-refractivity contribution in [1.82, 2.24) is 29.7 Å². The fraction of sp³-hybridized carbons (Fsp3) is 0.593. The highest BCUT2D eigenvalue weighted by atomic mass is 32.1. The van der Waals surface area contributed by atoms with E-state index in [2.05, 4.69) is 63.8 Å². The first-order valence-corrected chi connectivity index (χ1v) is 14.0. The number of hydrogen-bond acceptors (Lipinski definition) is 7. The molecule has 1 aliphatic rings. The van der Waals surface area contributed by atoms with Crippen molar-refractivity contribution in [2.75, 3.05) is 46.3 Å². The highest BCUT2D eigenvalue weighted by molar-refractivity contribution is 7.18. The highest BCUT2D eigenvalue weighted by Gasteiger charge is 2.18. The summed E-state index contributed by atoms with van der Waals surface area (Å²) in [4.78, 5) is 24.6. The number of nitrogens with one attached hydrogen (secondary N) is 1. The number of H-pyrrole nitrogens is 1. The number of hydrogen-bond donors (Lipinski definition) is 1. The van der Waals surface area contributed by atoms with Crippen molar-refractivity contribution in [2.24, 2.45) is 4.99 Å². The summed E-state index contributed by atoms with van der Waals surface area (Å²) in [6.07, 6.45) is 9.74. The predicted molar refractivity (Wildman–Crippen MR) is 147 cm³/mol. The Bertz CT molecular complexity index is 1050. The molecule has 4 rings (SSSR count). The lowest BCUT2D eigenvalue weighted by Gasteiger charge is -2.24. The van der Waals surface area contributed by atoms with E-state index in [9.17, 15) is 0 Å². The number of likely N-dealkylation sites (N-methyl/N-ethyl adjacent to an activating group) is 1. The summed E-state index contributed by atoms with van der Waals surface area (Å²) in [5.41, 5.74) is 2.44. The third kappa shape index (κ3) is 7.59. The molecule has 1 N–H and O–H groups in total. The van der Waals surface area contributed by atoms with Crippen molar-refractivity contribution in [3.05, 3.63) is 47.0 Å². The SMILES string of the molecule is CCCN(CCC)CCCCc1nc2ccc(CN(CC3=NCCN3C)Cc3ncc[nH]3)cc2s1. The number of rotatable bonds is 15. The first-order valence-electron chi connectivity index (χ1n) is 13.2. The van der Waals surface area contributed by atoms with Crippen LogP contribution in [0.15, 0.2) is 35.6 Å². The van der Waals surface area contributed by atoms with Crippen LogP contribution in [0.1, 0.15) is 55.9 Å². The monoisotopic (exact) mass is 495 g/mol. The zero-order valence-corrected chi connectivity index (χ0v) is 22.5. The summed E-state index contributed by atoms with van der Waals surface area (Å²) in [5, 5.41) is 1.27. The third-order valence-electron chi connectivity index (χ3n) is 6.56. The normalized spacial score (nSPS) is 14.1. The van der Waals surface area contributed by atoms with Crippen molar-refractivity contribution in [3.8, 4) is 0 Å². The first-order chi connectivity index (χ1) is 17.1. The van der Waals surface area contributed by atoms with E-state index in [1.54, 1.807) is 0 Å². The second kappa shape index (κ2) is 13.1. The average molecular weight is 496 g/mol. The molecule has 35 heavy (non-hydrogen) atoms.